The van der Waals surface area contributed by atoms with Crippen molar-refractivity contribution >= 4 is 18.5 Å². The van der Waals surface area contributed by atoms with Gasteiger partial charge in [-0.1, -0.05) is 13.8 Å². The van der Waals surface area contributed by atoms with E-state index in [4.69, 9.17) is 0 Å². The van der Waals surface area contributed by atoms with Crippen molar-refractivity contribution in [3.05, 3.63) is 0 Å². The Morgan fingerprint density at radius 1 is 1.50 bits per heavy atom. The first-order valence-electron chi connectivity index (χ1n) is 3.77. The molecule has 0 fully saturated rings. The second-order valence-corrected chi connectivity index (χ2v) is 3.27. The van der Waals surface area contributed by atoms with Crippen molar-refractivity contribution < 1.29 is 35.8 Å². The summed E-state index contributed by atoms with van der Waals surface area (Å²) in [6.45, 7) is 4.00. The van der Waals surface area contributed by atoms with E-state index in [-0.39, 0.29) is 5.91 Å². The molecule has 12 heavy (non-hydrogen) atoms. The molecule has 0 aromatic heterocycles. The first kappa shape index (κ1) is 18.5. The molecule has 0 unspecified atom stereocenters. The molecule has 0 atom stereocenters. The summed E-state index contributed by atoms with van der Waals surface area (Å²) in [5.41, 5.74) is 0. The predicted molar refractivity (Wildman–Crippen MR) is 50.8 cm³/mol. The molecule has 0 aliphatic rings. The molecular formula is C7H18HgNO2S. The van der Waals surface area contributed by atoms with Gasteiger partial charge in [-0.25, -0.2) is 0 Å². The molecule has 1 amide bonds. The first-order chi connectivity index (χ1) is 5.72. The van der Waals surface area contributed by atoms with Crippen LogP contribution in [0, 0.1) is 0 Å². The molecule has 0 rings (SSSR count). The van der Waals surface area contributed by atoms with E-state index in [1.807, 2.05) is 13.8 Å². The van der Waals surface area contributed by atoms with Crippen LogP contribution in [0.15, 0.2) is 0 Å². The van der Waals surface area contributed by atoms with Gasteiger partial charge in [-0.3, -0.25) is 0 Å². The maximum atomic E-state index is 10.6. The summed E-state index contributed by atoms with van der Waals surface area (Å²) in [5, 5.41) is 1.26. The normalized spacial score (nSPS) is 7.00. The van der Waals surface area contributed by atoms with Gasteiger partial charge in [0, 0.05) is 0 Å². The van der Waals surface area contributed by atoms with Crippen LogP contribution in [0.4, 0.5) is 0 Å². The molecule has 0 heterocycles. The van der Waals surface area contributed by atoms with Crippen LogP contribution in [0.2, 0.25) is 3.93 Å². The van der Waals surface area contributed by atoms with Crippen LogP contribution in [0.1, 0.15) is 13.8 Å². The Morgan fingerprint density at radius 2 is 1.83 bits per heavy atom. The number of hydrogen-bond donors (Lipinski definition) is 1. The molecule has 0 aromatic rings. The van der Waals surface area contributed by atoms with Crippen molar-refractivity contribution in [3.8, 4) is 0 Å². The number of rotatable bonds is 2. The van der Waals surface area contributed by atoms with E-state index in [2.05, 4.69) is 17.5 Å². The first-order valence-corrected chi connectivity index (χ1v) is 8.55. The summed E-state index contributed by atoms with van der Waals surface area (Å²) in [7, 11) is 3.11. The molecule has 0 aliphatic heterocycles. The largest absolute Gasteiger partial charge is 0.183 e. The smallest absolute Gasteiger partial charge is 0.0215 e. The van der Waals surface area contributed by atoms with E-state index >= 15 is 0 Å². The third-order valence-electron chi connectivity index (χ3n) is 0.839. The number of hydrogen-bond acceptors (Lipinski definition) is 3. The Bertz CT molecular complexity index is 93.5. The summed E-state index contributed by atoms with van der Waals surface area (Å²) in [6, 6.07) is 0. The Hall–Kier alpha value is 0.715. The van der Waals surface area contributed by atoms with Crippen molar-refractivity contribution in [2.75, 3.05) is 20.4 Å². The molecule has 71 valence electrons. The number of thiol groups is 1. The number of amides is 1. The SMILES string of the molecule is CC.CON(C)C(=O)[CH2][Hg].CS. The minimum absolute atomic E-state index is 0.0795. The van der Waals surface area contributed by atoms with Gasteiger partial charge in [-0.05, 0) is 6.26 Å². The van der Waals surface area contributed by atoms with Crippen molar-refractivity contribution in [2.45, 2.75) is 17.8 Å². The van der Waals surface area contributed by atoms with Crippen LogP contribution in [0.5, 0.6) is 0 Å². The van der Waals surface area contributed by atoms with Crippen molar-refractivity contribution in [1.82, 2.24) is 5.06 Å². The Labute approximate surface area is 97.2 Å². The van der Waals surface area contributed by atoms with Gasteiger partial charge in [-0.2, -0.15) is 12.6 Å². The number of hydroxylamine groups is 2. The summed E-state index contributed by atoms with van der Waals surface area (Å²) < 4.78 is 0.685. The fourth-order valence-electron chi connectivity index (χ4n) is 0.259. The third kappa shape index (κ3) is 13.3. The van der Waals surface area contributed by atoms with Crippen LogP contribution < -0.4 is 0 Å². The van der Waals surface area contributed by atoms with Crippen molar-refractivity contribution in [1.29, 1.82) is 0 Å². The summed E-state index contributed by atoms with van der Waals surface area (Å²) in [6.07, 6.45) is 1.69. The molecule has 0 N–H and O–H groups in total. The zero-order chi connectivity index (χ0) is 10.6. The molecule has 0 aliphatic carbocycles. The van der Waals surface area contributed by atoms with Gasteiger partial charge in [0.15, 0.2) is 0 Å². The van der Waals surface area contributed by atoms with Gasteiger partial charge in [0.2, 0.25) is 0 Å². The maximum absolute atomic E-state index is 10.6. The van der Waals surface area contributed by atoms with Crippen LogP contribution in [0.3, 0.4) is 0 Å². The van der Waals surface area contributed by atoms with Gasteiger partial charge in [0.05, 0.1) is 0 Å². The zero-order valence-electron chi connectivity index (χ0n) is 8.63. The number of carbonyl (C=O) groups is 1. The minimum Gasteiger partial charge on any atom is -0.183 e. The average molecular weight is 381 g/mol. The van der Waals surface area contributed by atoms with Gasteiger partial charge in [0.1, 0.15) is 0 Å². The van der Waals surface area contributed by atoms with Crippen molar-refractivity contribution in [2.24, 2.45) is 0 Å². The van der Waals surface area contributed by atoms with Crippen LogP contribution in [0.25, 0.3) is 0 Å². The summed E-state index contributed by atoms with van der Waals surface area (Å²) >= 11 is 4.08. The minimum atomic E-state index is 0.0795. The standard InChI is InChI=1S/C4H8NO2.C2H6.CH4S.Hg/c1-4(6)5(2)7-3;2*1-2;/h1H2,2-3H3;1-2H3;2H,1H3;. The monoisotopic (exact) mass is 382 g/mol. The summed E-state index contributed by atoms with van der Waals surface area (Å²) in [5.74, 6) is 0.0795. The van der Waals surface area contributed by atoms with E-state index in [1.165, 1.54) is 12.2 Å². The van der Waals surface area contributed by atoms with E-state index in [9.17, 15) is 4.79 Å². The molecule has 0 spiro atoms. The van der Waals surface area contributed by atoms with Gasteiger partial charge >= 0.3 is 64.8 Å². The van der Waals surface area contributed by atoms with E-state index in [0.29, 0.717) is 30.1 Å². The number of carbonyl (C=O) groups excluding carboxylic acids is 1. The molecule has 5 heteroatoms. The fraction of sp³-hybridized carbons (Fsp3) is 0.857. The van der Waals surface area contributed by atoms with Crippen molar-refractivity contribution in [3.63, 3.8) is 0 Å². The van der Waals surface area contributed by atoms with Crippen LogP contribution in [-0.2, 0) is 35.8 Å². The van der Waals surface area contributed by atoms with Gasteiger partial charge < -0.3 is 0 Å². The Kier molecular flexibility index (Phi) is 27.3. The average Bonchev–Trinajstić information content (AvgIpc) is 2.21. The molecule has 0 saturated heterocycles. The van der Waals surface area contributed by atoms with E-state index in [0.717, 1.165) is 0 Å². The maximum Gasteiger partial charge on any atom is -0.0215 e. The second-order valence-electron chi connectivity index (χ2n) is 1.32. The summed E-state index contributed by atoms with van der Waals surface area (Å²) in [4.78, 5) is 15.2. The van der Waals surface area contributed by atoms with E-state index < -0.39 is 0 Å². The predicted octanol–water partition coefficient (Wildman–Crippen LogP) is 1.54. The number of nitrogens with zero attached hydrogens (tertiary/aromatic N) is 1. The topological polar surface area (TPSA) is 29.5 Å². The van der Waals surface area contributed by atoms with Gasteiger partial charge in [0.25, 0.3) is 0 Å². The van der Waals surface area contributed by atoms with E-state index in [1.54, 1.807) is 13.3 Å². The molecule has 0 aromatic carbocycles. The second kappa shape index (κ2) is 17.7. The van der Waals surface area contributed by atoms with Crippen LogP contribution in [-0.4, -0.2) is 31.4 Å². The molecule has 3 nitrogen and oxygen atoms in total. The quantitative estimate of drug-likeness (QED) is 0.447. The zero-order valence-corrected chi connectivity index (χ0v) is 15.0. The molecular weight excluding hydrogens is 363 g/mol. The Balaban J connectivity index is -0.000000175. The molecule has 0 saturated carbocycles. The van der Waals surface area contributed by atoms with Crippen LogP contribution >= 0.6 is 12.6 Å². The fourth-order valence-corrected chi connectivity index (χ4v) is 1.48. The van der Waals surface area contributed by atoms with Gasteiger partial charge in [-0.15, -0.1) is 0 Å². The molecule has 0 bridgehead atoms. The third-order valence-corrected chi connectivity index (χ3v) is 2.50. The Morgan fingerprint density at radius 3 is 1.92 bits per heavy atom. The molecule has 0 radical (unpaired) electrons.